The fourth-order valence-corrected chi connectivity index (χ4v) is 2.12. The Kier molecular flexibility index (Phi) is 5.38. The molecule has 1 aliphatic carbocycles. The summed E-state index contributed by atoms with van der Waals surface area (Å²) in [6.07, 6.45) is 4.76. The van der Waals surface area contributed by atoms with Crippen LogP contribution in [0.2, 0.25) is 0 Å². The van der Waals surface area contributed by atoms with Gasteiger partial charge in [0.25, 0.3) is 0 Å². The summed E-state index contributed by atoms with van der Waals surface area (Å²) in [5.74, 6) is -1.48. The Morgan fingerprint density at radius 3 is 2.57 bits per heavy atom. The third-order valence-corrected chi connectivity index (χ3v) is 3.44. The number of ketones is 2. The SMILES string of the molecule is C=C(C(=O)OC)C(C=C1C(=O)C=CC1(C)O)CCC(C)=O. The van der Waals surface area contributed by atoms with E-state index < -0.39 is 17.5 Å². The number of ether oxygens (including phenoxy) is 1. The lowest BCUT2D eigenvalue weighted by Crippen LogP contribution is -2.25. The fraction of sp³-hybridized carbons (Fsp3) is 0.438. The monoisotopic (exact) mass is 292 g/mol. The lowest BCUT2D eigenvalue weighted by molar-refractivity contribution is -0.136. The Hall–Kier alpha value is -2.01. The van der Waals surface area contributed by atoms with Gasteiger partial charge < -0.3 is 14.6 Å². The number of carbonyl (C=O) groups excluding carboxylic acids is 3. The maximum Gasteiger partial charge on any atom is 0.333 e. The molecule has 114 valence electrons. The fourth-order valence-electron chi connectivity index (χ4n) is 2.12. The number of esters is 1. The average Bonchev–Trinajstić information content (AvgIpc) is 2.67. The molecule has 0 amide bonds. The van der Waals surface area contributed by atoms with Gasteiger partial charge in [0.05, 0.1) is 7.11 Å². The van der Waals surface area contributed by atoms with Crippen molar-refractivity contribution in [1.82, 2.24) is 0 Å². The lowest BCUT2D eigenvalue weighted by Gasteiger charge is -2.20. The predicted molar refractivity (Wildman–Crippen MR) is 77.4 cm³/mol. The highest BCUT2D eigenvalue weighted by molar-refractivity contribution is 6.09. The number of rotatable bonds is 6. The quantitative estimate of drug-likeness (QED) is 0.593. The zero-order valence-electron chi connectivity index (χ0n) is 12.5. The predicted octanol–water partition coefficient (Wildman–Crippen LogP) is 1.52. The summed E-state index contributed by atoms with van der Waals surface area (Å²) in [6, 6.07) is 0. The summed E-state index contributed by atoms with van der Waals surface area (Å²) >= 11 is 0. The van der Waals surface area contributed by atoms with E-state index in [0.717, 1.165) is 0 Å². The highest BCUT2D eigenvalue weighted by Crippen LogP contribution is 2.30. The molecule has 0 radical (unpaired) electrons. The summed E-state index contributed by atoms with van der Waals surface area (Å²) in [7, 11) is 1.24. The van der Waals surface area contributed by atoms with Gasteiger partial charge in [-0.05, 0) is 32.4 Å². The smallest absolute Gasteiger partial charge is 0.333 e. The first kappa shape index (κ1) is 17.0. The van der Waals surface area contributed by atoms with Crippen LogP contribution in [0, 0.1) is 5.92 Å². The van der Waals surface area contributed by atoms with Crippen molar-refractivity contribution >= 4 is 17.5 Å². The highest BCUT2D eigenvalue weighted by atomic mass is 16.5. The van der Waals surface area contributed by atoms with Gasteiger partial charge >= 0.3 is 5.97 Å². The lowest BCUT2D eigenvalue weighted by atomic mass is 9.88. The topological polar surface area (TPSA) is 80.7 Å². The molecule has 1 N–H and O–H groups in total. The molecule has 0 aromatic carbocycles. The third kappa shape index (κ3) is 4.23. The molecule has 0 bridgehead atoms. The summed E-state index contributed by atoms with van der Waals surface area (Å²) in [4.78, 5) is 34.6. The van der Waals surface area contributed by atoms with Crippen LogP contribution in [-0.2, 0) is 19.1 Å². The van der Waals surface area contributed by atoms with Crippen LogP contribution in [-0.4, -0.2) is 35.4 Å². The van der Waals surface area contributed by atoms with Gasteiger partial charge in [-0.3, -0.25) is 4.79 Å². The van der Waals surface area contributed by atoms with Crippen LogP contribution in [0.1, 0.15) is 26.7 Å². The van der Waals surface area contributed by atoms with Crippen LogP contribution in [0.3, 0.4) is 0 Å². The minimum Gasteiger partial charge on any atom is -0.466 e. The Morgan fingerprint density at radius 2 is 2.14 bits per heavy atom. The van der Waals surface area contributed by atoms with Crippen LogP contribution < -0.4 is 0 Å². The van der Waals surface area contributed by atoms with Gasteiger partial charge in [0.15, 0.2) is 5.78 Å². The van der Waals surface area contributed by atoms with Gasteiger partial charge in [-0.2, -0.15) is 0 Å². The van der Waals surface area contributed by atoms with E-state index in [1.807, 2.05) is 0 Å². The van der Waals surface area contributed by atoms with Gasteiger partial charge in [-0.25, -0.2) is 4.79 Å². The minimum absolute atomic E-state index is 0.0290. The number of hydrogen-bond acceptors (Lipinski definition) is 5. The first-order valence-corrected chi connectivity index (χ1v) is 6.64. The second-order valence-electron chi connectivity index (χ2n) is 5.29. The normalized spacial score (nSPS) is 24.2. The zero-order valence-corrected chi connectivity index (χ0v) is 12.5. The molecule has 5 nitrogen and oxygen atoms in total. The average molecular weight is 292 g/mol. The number of allylic oxidation sites excluding steroid dienone is 2. The number of aliphatic hydroxyl groups is 1. The molecule has 21 heavy (non-hydrogen) atoms. The van der Waals surface area contributed by atoms with E-state index in [1.54, 1.807) is 0 Å². The number of hydrogen-bond donors (Lipinski definition) is 1. The van der Waals surface area contributed by atoms with E-state index in [9.17, 15) is 19.5 Å². The third-order valence-electron chi connectivity index (χ3n) is 3.44. The van der Waals surface area contributed by atoms with Crippen molar-refractivity contribution in [3.05, 3.63) is 36.0 Å². The van der Waals surface area contributed by atoms with Crippen LogP contribution in [0.4, 0.5) is 0 Å². The molecule has 0 heterocycles. The van der Waals surface area contributed by atoms with E-state index >= 15 is 0 Å². The van der Waals surface area contributed by atoms with Crippen molar-refractivity contribution in [2.45, 2.75) is 32.3 Å². The van der Waals surface area contributed by atoms with Crippen LogP contribution in [0.5, 0.6) is 0 Å². The summed E-state index contributed by atoms with van der Waals surface area (Å²) in [5, 5.41) is 10.1. The molecule has 0 spiro atoms. The van der Waals surface area contributed by atoms with Crippen molar-refractivity contribution in [2.75, 3.05) is 7.11 Å². The molecule has 2 atom stereocenters. The van der Waals surface area contributed by atoms with E-state index in [1.165, 1.54) is 39.2 Å². The van der Waals surface area contributed by atoms with Crippen LogP contribution in [0.15, 0.2) is 36.0 Å². The second-order valence-corrected chi connectivity index (χ2v) is 5.29. The van der Waals surface area contributed by atoms with E-state index in [4.69, 9.17) is 0 Å². The van der Waals surface area contributed by atoms with Gasteiger partial charge in [-0.1, -0.05) is 12.7 Å². The highest BCUT2D eigenvalue weighted by Gasteiger charge is 2.34. The molecule has 0 fully saturated rings. The zero-order chi connectivity index (χ0) is 16.2. The Balaban J connectivity index is 3.07. The standard InChI is InChI=1S/C16H20O5/c1-10(17)5-6-12(11(2)15(19)21-4)9-13-14(18)7-8-16(13,3)20/h7-9,12,20H,2,5-6H2,1,3-4H3. The second kappa shape index (κ2) is 6.63. The Labute approximate surface area is 124 Å². The van der Waals surface area contributed by atoms with Gasteiger partial charge in [-0.15, -0.1) is 0 Å². The number of carbonyl (C=O) groups is 3. The molecule has 2 unspecified atom stereocenters. The molecular formula is C16H20O5. The van der Waals surface area contributed by atoms with Gasteiger partial charge in [0, 0.05) is 23.5 Å². The van der Waals surface area contributed by atoms with Crippen molar-refractivity contribution in [3.63, 3.8) is 0 Å². The number of methoxy groups -OCH3 is 1. The molecule has 1 aliphatic rings. The molecule has 0 aliphatic heterocycles. The van der Waals surface area contributed by atoms with Crippen LogP contribution >= 0.6 is 0 Å². The molecule has 5 heteroatoms. The van der Waals surface area contributed by atoms with E-state index in [2.05, 4.69) is 11.3 Å². The molecule has 0 aromatic heterocycles. The van der Waals surface area contributed by atoms with Crippen molar-refractivity contribution in [3.8, 4) is 0 Å². The van der Waals surface area contributed by atoms with E-state index in [0.29, 0.717) is 6.42 Å². The minimum atomic E-state index is -1.37. The summed E-state index contributed by atoms with van der Waals surface area (Å²) < 4.78 is 4.63. The van der Waals surface area contributed by atoms with Crippen LogP contribution in [0.25, 0.3) is 0 Å². The van der Waals surface area contributed by atoms with E-state index in [-0.39, 0.29) is 29.1 Å². The summed E-state index contributed by atoms with van der Waals surface area (Å²) in [5.41, 5.74) is -1.04. The Bertz CT molecular complexity index is 537. The van der Waals surface area contributed by atoms with Crippen molar-refractivity contribution in [2.24, 2.45) is 5.92 Å². The maximum absolute atomic E-state index is 11.8. The molecule has 1 rings (SSSR count). The molecular weight excluding hydrogens is 272 g/mol. The van der Waals surface area contributed by atoms with Gasteiger partial charge in [0.1, 0.15) is 11.4 Å². The molecule has 0 saturated heterocycles. The van der Waals surface area contributed by atoms with Crippen molar-refractivity contribution < 1.29 is 24.2 Å². The first-order chi connectivity index (χ1) is 9.69. The molecule has 0 aromatic rings. The number of Topliss-reactive ketones (excluding diaryl/α,β-unsaturated/α-hetero) is 1. The summed E-state index contributed by atoms with van der Waals surface area (Å²) in [6.45, 7) is 6.61. The maximum atomic E-state index is 11.8. The largest absolute Gasteiger partial charge is 0.466 e. The molecule has 0 saturated carbocycles. The first-order valence-electron chi connectivity index (χ1n) is 6.64. The van der Waals surface area contributed by atoms with Gasteiger partial charge in [0.2, 0.25) is 0 Å². The Morgan fingerprint density at radius 1 is 1.52 bits per heavy atom. The van der Waals surface area contributed by atoms with Crippen molar-refractivity contribution in [1.29, 1.82) is 0 Å².